The van der Waals surface area contributed by atoms with Crippen LogP contribution in [0.4, 0.5) is 0 Å². The van der Waals surface area contributed by atoms with Crippen molar-refractivity contribution in [1.29, 1.82) is 0 Å². The van der Waals surface area contributed by atoms with Crippen molar-refractivity contribution in [3.8, 4) is 5.88 Å². The van der Waals surface area contributed by atoms with Crippen molar-refractivity contribution in [2.24, 2.45) is 5.92 Å². The minimum Gasteiger partial charge on any atom is -0.477 e. The minimum absolute atomic E-state index is 0.103. The van der Waals surface area contributed by atoms with E-state index in [1.165, 1.54) is 0 Å². The Balaban J connectivity index is 1.29. The molecule has 1 unspecified atom stereocenters. The first-order valence-electron chi connectivity index (χ1n) is 11.4. The fourth-order valence-electron chi connectivity index (χ4n) is 4.31. The Hall–Kier alpha value is -2.94. The summed E-state index contributed by atoms with van der Waals surface area (Å²) < 4.78 is 7.54. The lowest BCUT2D eigenvalue weighted by Gasteiger charge is -2.41. The van der Waals surface area contributed by atoms with E-state index in [1.807, 2.05) is 43.3 Å². The molecule has 32 heavy (non-hydrogen) atoms. The normalized spacial score (nSPS) is 20.4. The molecule has 2 aliphatic heterocycles. The number of carbonyl (C=O) groups is 2. The van der Waals surface area contributed by atoms with Crippen LogP contribution in [0.25, 0.3) is 0 Å². The molecule has 2 aromatic heterocycles. The first-order chi connectivity index (χ1) is 15.5. The summed E-state index contributed by atoms with van der Waals surface area (Å²) in [5.41, 5.74) is 0.441. The number of nitrogens with zero attached hydrogens (tertiary/aromatic N) is 6. The Morgan fingerprint density at radius 1 is 1.09 bits per heavy atom. The molecule has 4 rings (SSSR count). The smallest absolute Gasteiger partial charge is 0.274 e. The SMILES string of the molecule is CCn1ccc(C(=O)N2CCN(C)C(C(=O)N3CCC(COc4ccccn4)CC3)C2)n1. The van der Waals surface area contributed by atoms with E-state index in [0.717, 1.165) is 19.4 Å². The predicted octanol–water partition coefficient (Wildman–Crippen LogP) is 1.37. The molecule has 0 radical (unpaired) electrons. The summed E-state index contributed by atoms with van der Waals surface area (Å²) in [4.78, 5) is 36.2. The van der Waals surface area contributed by atoms with E-state index in [4.69, 9.17) is 4.74 Å². The number of hydrogen-bond acceptors (Lipinski definition) is 6. The molecule has 0 aromatic carbocycles. The molecule has 2 fully saturated rings. The zero-order chi connectivity index (χ0) is 22.5. The van der Waals surface area contributed by atoms with Crippen LogP contribution in [0.15, 0.2) is 36.7 Å². The molecule has 9 heteroatoms. The number of hydrogen-bond donors (Lipinski definition) is 0. The van der Waals surface area contributed by atoms with Crippen molar-refractivity contribution < 1.29 is 14.3 Å². The van der Waals surface area contributed by atoms with Gasteiger partial charge in [0, 0.05) is 57.7 Å². The minimum atomic E-state index is -0.317. The summed E-state index contributed by atoms with van der Waals surface area (Å²) in [5.74, 6) is 1.06. The molecule has 0 bridgehead atoms. The fraction of sp³-hybridized carbons (Fsp3) is 0.565. The molecule has 172 valence electrons. The monoisotopic (exact) mass is 440 g/mol. The van der Waals surface area contributed by atoms with Crippen LogP contribution in [0.2, 0.25) is 0 Å². The highest BCUT2D eigenvalue weighted by Crippen LogP contribution is 2.21. The van der Waals surface area contributed by atoms with Gasteiger partial charge in [0.1, 0.15) is 11.7 Å². The molecule has 2 aliphatic rings. The van der Waals surface area contributed by atoms with E-state index >= 15 is 0 Å². The maximum Gasteiger partial charge on any atom is 0.274 e. The Morgan fingerprint density at radius 3 is 2.59 bits per heavy atom. The standard InChI is InChI=1S/C23H32N6O3/c1-3-29-13-9-19(25-29)22(30)28-15-14-26(2)20(16-28)23(31)27-11-7-18(8-12-27)17-32-21-6-4-5-10-24-21/h4-6,9-10,13,18,20H,3,7-8,11-12,14-17H2,1-2H3. The van der Waals surface area contributed by atoms with Gasteiger partial charge in [-0.3, -0.25) is 19.2 Å². The van der Waals surface area contributed by atoms with E-state index in [2.05, 4.69) is 15.0 Å². The van der Waals surface area contributed by atoms with E-state index in [9.17, 15) is 9.59 Å². The molecule has 2 saturated heterocycles. The van der Waals surface area contributed by atoms with Crippen molar-refractivity contribution in [2.75, 3.05) is 46.4 Å². The number of carbonyl (C=O) groups excluding carboxylic acids is 2. The Morgan fingerprint density at radius 2 is 1.91 bits per heavy atom. The highest BCUT2D eigenvalue weighted by atomic mass is 16.5. The van der Waals surface area contributed by atoms with Gasteiger partial charge >= 0.3 is 0 Å². The van der Waals surface area contributed by atoms with Gasteiger partial charge in [-0.2, -0.15) is 5.10 Å². The van der Waals surface area contributed by atoms with Gasteiger partial charge in [-0.05, 0) is 44.9 Å². The second kappa shape index (κ2) is 10.1. The van der Waals surface area contributed by atoms with Crippen molar-refractivity contribution >= 4 is 11.8 Å². The van der Waals surface area contributed by atoms with E-state index in [0.29, 0.717) is 56.8 Å². The second-order valence-electron chi connectivity index (χ2n) is 8.55. The number of ether oxygens (including phenoxy) is 1. The van der Waals surface area contributed by atoms with Crippen molar-refractivity contribution in [2.45, 2.75) is 32.4 Å². The summed E-state index contributed by atoms with van der Waals surface area (Å²) in [7, 11) is 1.96. The molecule has 2 aromatic rings. The lowest BCUT2D eigenvalue weighted by Crippen LogP contribution is -2.60. The van der Waals surface area contributed by atoms with Crippen molar-refractivity contribution in [3.63, 3.8) is 0 Å². The molecular weight excluding hydrogens is 408 g/mol. The number of aryl methyl sites for hydroxylation is 1. The second-order valence-corrected chi connectivity index (χ2v) is 8.55. The van der Waals surface area contributed by atoms with E-state index < -0.39 is 0 Å². The topological polar surface area (TPSA) is 83.8 Å². The number of rotatable bonds is 6. The molecule has 1 atom stereocenters. The van der Waals surface area contributed by atoms with E-state index in [-0.39, 0.29) is 17.9 Å². The third kappa shape index (κ3) is 5.09. The quantitative estimate of drug-likeness (QED) is 0.675. The molecular formula is C23H32N6O3. The van der Waals surface area contributed by atoms with Gasteiger partial charge in [-0.1, -0.05) is 6.07 Å². The number of pyridine rings is 1. The maximum atomic E-state index is 13.3. The number of amides is 2. The number of aromatic nitrogens is 3. The maximum absolute atomic E-state index is 13.3. The van der Waals surface area contributed by atoms with Gasteiger partial charge < -0.3 is 14.5 Å². The third-order valence-corrected chi connectivity index (χ3v) is 6.43. The van der Waals surface area contributed by atoms with Crippen LogP contribution in [-0.2, 0) is 11.3 Å². The highest BCUT2D eigenvalue weighted by Gasteiger charge is 2.36. The lowest BCUT2D eigenvalue weighted by molar-refractivity contribution is -0.139. The number of likely N-dealkylation sites (tertiary alicyclic amines) is 1. The summed E-state index contributed by atoms with van der Waals surface area (Å²) in [6.07, 6.45) is 5.35. The van der Waals surface area contributed by atoms with Crippen LogP contribution in [0.1, 0.15) is 30.3 Å². The van der Waals surface area contributed by atoms with Crippen LogP contribution in [0.3, 0.4) is 0 Å². The Bertz CT molecular complexity index is 909. The summed E-state index contributed by atoms with van der Waals surface area (Å²) in [6.45, 7) is 6.43. The van der Waals surface area contributed by atoms with Gasteiger partial charge in [0.25, 0.3) is 5.91 Å². The Labute approximate surface area is 188 Å². The lowest BCUT2D eigenvalue weighted by atomic mass is 9.97. The molecule has 4 heterocycles. The van der Waals surface area contributed by atoms with Crippen molar-refractivity contribution in [1.82, 2.24) is 29.5 Å². The van der Waals surface area contributed by atoms with Gasteiger partial charge in [0.2, 0.25) is 11.8 Å². The van der Waals surface area contributed by atoms with Crippen LogP contribution in [0, 0.1) is 5.92 Å². The van der Waals surface area contributed by atoms with Gasteiger partial charge in [0.05, 0.1) is 6.61 Å². The average molecular weight is 441 g/mol. The first kappa shape index (κ1) is 22.3. The Kier molecular flexibility index (Phi) is 7.04. The third-order valence-electron chi connectivity index (χ3n) is 6.43. The molecule has 0 spiro atoms. The number of piperazine rings is 1. The zero-order valence-electron chi connectivity index (χ0n) is 18.9. The molecule has 0 N–H and O–H groups in total. The van der Waals surface area contributed by atoms with Crippen LogP contribution in [0.5, 0.6) is 5.88 Å². The predicted molar refractivity (Wildman–Crippen MR) is 119 cm³/mol. The number of likely N-dealkylation sites (N-methyl/N-ethyl adjacent to an activating group) is 1. The first-order valence-corrected chi connectivity index (χ1v) is 11.4. The molecule has 9 nitrogen and oxygen atoms in total. The number of piperidine rings is 1. The largest absolute Gasteiger partial charge is 0.477 e. The van der Waals surface area contributed by atoms with E-state index in [1.54, 1.807) is 21.8 Å². The molecule has 0 saturated carbocycles. The molecule has 2 amide bonds. The van der Waals surface area contributed by atoms with Gasteiger partial charge in [-0.15, -0.1) is 0 Å². The average Bonchev–Trinajstić information content (AvgIpc) is 3.33. The van der Waals surface area contributed by atoms with Gasteiger partial charge in [-0.25, -0.2) is 4.98 Å². The summed E-state index contributed by atoms with van der Waals surface area (Å²) >= 11 is 0. The summed E-state index contributed by atoms with van der Waals surface area (Å²) in [6, 6.07) is 7.07. The molecule has 0 aliphatic carbocycles. The van der Waals surface area contributed by atoms with Crippen LogP contribution >= 0.6 is 0 Å². The van der Waals surface area contributed by atoms with Crippen LogP contribution in [-0.4, -0.2) is 93.7 Å². The van der Waals surface area contributed by atoms with Gasteiger partial charge in [0.15, 0.2) is 0 Å². The zero-order valence-corrected chi connectivity index (χ0v) is 18.9. The summed E-state index contributed by atoms with van der Waals surface area (Å²) in [5, 5.41) is 4.33. The van der Waals surface area contributed by atoms with Crippen molar-refractivity contribution in [3.05, 3.63) is 42.4 Å². The fourth-order valence-corrected chi connectivity index (χ4v) is 4.31. The highest BCUT2D eigenvalue weighted by molar-refractivity contribution is 5.93. The van der Waals surface area contributed by atoms with Crippen LogP contribution < -0.4 is 4.74 Å².